The summed E-state index contributed by atoms with van der Waals surface area (Å²) in [6.45, 7) is 2.69. The van der Waals surface area contributed by atoms with Crippen molar-refractivity contribution >= 4 is 39.1 Å². The number of anilines is 1. The van der Waals surface area contributed by atoms with Gasteiger partial charge < -0.3 is 10.6 Å². The average Bonchev–Trinajstić information content (AvgIpc) is 2.74. The molecule has 1 saturated heterocycles. The Labute approximate surface area is 187 Å². The van der Waals surface area contributed by atoms with Crippen molar-refractivity contribution in [3.8, 4) is 0 Å². The lowest BCUT2D eigenvalue weighted by atomic mass is 10.1. The van der Waals surface area contributed by atoms with E-state index in [0.717, 1.165) is 31.2 Å². The molecule has 166 valence electrons. The van der Waals surface area contributed by atoms with Crippen LogP contribution in [0.25, 0.3) is 0 Å². The summed E-state index contributed by atoms with van der Waals surface area (Å²) in [6.07, 6.45) is 4.37. The number of piperidine rings is 1. The van der Waals surface area contributed by atoms with E-state index in [4.69, 9.17) is 11.6 Å². The Hall–Kier alpha value is -2.58. The molecule has 3 rings (SSSR count). The second-order valence-electron chi connectivity index (χ2n) is 7.51. The second kappa shape index (κ2) is 10.2. The van der Waals surface area contributed by atoms with Crippen LogP contribution >= 0.6 is 11.6 Å². The maximum Gasteiger partial charge on any atom is 0.261 e. The molecule has 0 bridgehead atoms. The molecule has 1 unspecified atom stereocenters. The van der Waals surface area contributed by atoms with Crippen LogP contribution in [-0.2, 0) is 21.2 Å². The quantitative estimate of drug-likeness (QED) is 0.557. The highest BCUT2D eigenvalue weighted by molar-refractivity contribution is 7.92. The van der Waals surface area contributed by atoms with Gasteiger partial charge in [0.1, 0.15) is 6.04 Å². The molecule has 0 radical (unpaired) electrons. The molecule has 0 spiro atoms. The van der Waals surface area contributed by atoms with Gasteiger partial charge in [-0.1, -0.05) is 37.1 Å². The Morgan fingerprint density at radius 2 is 1.94 bits per heavy atom. The van der Waals surface area contributed by atoms with Crippen LogP contribution in [0, 0.1) is 0 Å². The van der Waals surface area contributed by atoms with Crippen molar-refractivity contribution in [3.05, 3.63) is 58.6 Å². The van der Waals surface area contributed by atoms with E-state index in [0.29, 0.717) is 18.7 Å². The second-order valence-corrected chi connectivity index (χ2v) is 9.60. The fourth-order valence-electron chi connectivity index (χ4n) is 3.33. The lowest BCUT2D eigenvalue weighted by Gasteiger charge is -2.23. The zero-order chi connectivity index (χ0) is 22.4. The Kier molecular flexibility index (Phi) is 7.56. The number of nitrogens with one attached hydrogen (secondary N) is 3. The third-order valence-electron chi connectivity index (χ3n) is 5.11. The smallest absolute Gasteiger partial charge is 0.261 e. The van der Waals surface area contributed by atoms with Crippen LogP contribution < -0.4 is 15.4 Å². The molecule has 3 N–H and O–H groups in total. The molecule has 2 amide bonds. The number of rotatable bonds is 8. The number of hydrogen-bond acceptors (Lipinski definition) is 4. The van der Waals surface area contributed by atoms with Crippen LogP contribution in [0.1, 0.15) is 48.5 Å². The molecule has 2 aromatic carbocycles. The number of amides is 2. The number of hydrogen-bond donors (Lipinski definition) is 3. The maximum absolute atomic E-state index is 12.8. The Morgan fingerprint density at radius 1 is 1.19 bits per heavy atom. The number of benzene rings is 2. The lowest BCUT2D eigenvalue weighted by molar-refractivity contribution is -0.124. The summed E-state index contributed by atoms with van der Waals surface area (Å²) in [5.41, 5.74) is 1.57. The van der Waals surface area contributed by atoms with Crippen molar-refractivity contribution in [3.63, 3.8) is 0 Å². The summed E-state index contributed by atoms with van der Waals surface area (Å²) < 4.78 is 28.2. The average molecular weight is 464 g/mol. The van der Waals surface area contributed by atoms with E-state index < -0.39 is 22.0 Å². The fraction of sp³-hybridized carbons (Fsp3) is 0.364. The third kappa shape index (κ3) is 5.98. The van der Waals surface area contributed by atoms with Crippen LogP contribution in [0.4, 0.5) is 5.69 Å². The number of halogens is 1. The van der Waals surface area contributed by atoms with Crippen molar-refractivity contribution in [2.75, 3.05) is 11.3 Å². The van der Waals surface area contributed by atoms with Gasteiger partial charge in [-0.15, -0.1) is 0 Å². The van der Waals surface area contributed by atoms with Gasteiger partial charge in [0, 0.05) is 12.2 Å². The fourth-order valence-corrected chi connectivity index (χ4v) is 4.61. The van der Waals surface area contributed by atoms with Crippen molar-refractivity contribution in [2.45, 2.75) is 50.0 Å². The summed E-state index contributed by atoms with van der Waals surface area (Å²) in [5, 5.41) is 5.42. The topological polar surface area (TPSA) is 104 Å². The first kappa shape index (κ1) is 23.1. The Morgan fingerprint density at radius 3 is 2.61 bits per heavy atom. The van der Waals surface area contributed by atoms with E-state index in [2.05, 4.69) is 22.3 Å². The van der Waals surface area contributed by atoms with Gasteiger partial charge in [0.15, 0.2) is 0 Å². The number of carbonyl (C=O) groups is 2. The maximum atomic E-state index is 12.8. The molecule has 0 aromatic heterocycles. The van der Waals surface area contributed by atoms with Crippen molar-refractivity contribution in [1.29, 1.82) is 0 Å². The number of aryl methyl sites for hydroxylation is 1. The largest absolute Gasteiger partial charge is 0.354 e. The van der Waals surface area contributed by atoms with Gasteiger partial charge in [-0.2, -0.15) is 0 Å². The predicted octanol–water partition coefficient (Wildman–Crippen LogP) is 3.49. The SMILES string of the molecule is CCCCc1ccc(NS(=O)(=O)c2ccc(Cl)c(C(=O)NC3CCCNC3=O)c2)cc1. The summed E-state index contributed by atoms with van der Waals surface area (Å²) in [7, 11) is -3.93. The summed E-state index contributed by atoms with van der Waals surface area (Å²) >= 11 is 6.14. The van der Waals surface area contributed by atoms with E-state index in [1.807, 2.05) is 12.1 Å². The number of unbranched alkanes of at least 4 members (excludes halogenated alkanes) is 1. The van der Waals surface area contributed by atoms with Crippen molar-refractivity contribution < 1.29 is 18.0 Å². The number of carbonyl (C=O) groups excluding carboxylic acids is 2. The van der Waals surface area contributed by atoms with Gasteiger partial charge in [0.2, 0.25) is 5.91 Å². The van der Waals surface area contributed by atoms with Gasteiger partial charge in [0.05, 0.1) is 15.5 Å². The van der Waals surface area contributed by atoms with Gasteiger partial charge in [0.25, 0.3) is 15.9 Å². The van der Waals surface area contributed by atoms with E-state index in [1.54, 1.807) is 12.1 Å². The van der Waals surface area contributed by atoms with E-state index >= 15 is 0 Å². The van der Waals surface area contributed by atoms with Gasteiger partial charge in [-0.25, -0.2) is 8.42 Å². The highest BCUT2D eigenvalue weighted by Crippen LogP contribution is 2.23. The minimum Gasteiger partial charge on any atom is -0.354 e. The number of sulfonamides is 1. The van der Waals surface area contributed by atoms with Crippen LogP contribution in [0.2, 0.25) is 5.02 Å². The molecule has 1 heterocycles. The molecular formula is C22H26ClN3O4S. The van der Waals surface area contributed by atoms with Gasteiger partial charge in [-0.3, -0.25) is 14.3 Å². The predicted molar refractivity (Wildman–Crippen MR) is 121 cm³/mol. The van der Waals surface area contributed by atoms with E-state index in [9.17, 15) is 18.0 Å². The van der Waals surface area contributed by atoms with Crippen molar-refractivity contribution in [1.82, 2.24) is 10.6 Å². The summed E-state index contributed by atoms with van der Waals surface area (Å²) in [4.78, 5) is 24.5. The minimum absolute atomic E-state index is 0.00201. The Balaban J connectivity index is 1.75. The molecule has 7 nitrogen and oxygen atoms in total. The molecule has 1 atom stereocenters. The molecule has 1 aliphatic heterocycles. The Bertz CT molecular complexity index is 1050. The van der Waals surface area contributed by atoms with Crippen molar-refractivity contribution in [2.24, 2.45) is 0 Å². The molecule has 0 saturated carbocycles. The first-order chi connectivity index (χ1) is 14.8. The normalized spacial score (nSPS) is 16.5. The van der Waals surface area contributed by atoms with Crippen LogP contribution in [0.3, 0.4) is 0 Å². The highest BCUT2D eigenvalue weighted by atomic mass is 35.5. The van der Waals surface area contributed by atoms with Crippen LogP contribution in [-0.4, -0.2) is 32.8 Å². The molecular weight excluding hydrogens is 438 g/mol. The molecule has 0 aliphatic carbocycles. The highest BCUT2D eigenvalue weighted by Gasteiger charge is 2.26. The molecule has 31 heavy (non-hydrogen) atoms. The first-order valence-corrected chi connectivity index (χ1v) is 12.2. The standard InChI is InChI=1S/C22H26ClN3O4S/c1-2-3-5-15-7-9-16(10-8-15)26-31(29,30)17-11-12-19(23)18(14-17)21(27)25-20-6-4-13-24-22(20)28/h7-12,14,20,26H,2-6,13H2,1H3,(H,24,28)(H,25,27). The monoisotopic (exact) mass is 463 g/mol. The van der Waals surface area contributed by atoms with E-state index in [-0.39, 0.29) is 21.4 Å². The van der Waals surface area contributed by atoms with Crippen LogP contribution in [0.5, 0.6) is 0 Å². The van der Waals surface area contributed by atoms with Gasteiger partial charge >= 0.3 is 0 Å². The molecule has 2 aromatic rings. The zero-order valence-electron chi connectivity index (χ0n) is 17.3. The van der Waals surface area contributed by atoms with E-state index in [1.165, 1.54) is 18.2 Å². The van der Waals surface area contributed by atoms with Gasteiger partial charge in [-0.05, 0) is 61.6 Å². The molecule has 9 heteroatoms. The summed E-state index contributed by atoms with van der Waals surface area (Å²) in [6, 6.07) is 10.5. The third-order valence-corrected chi connectivity index (χ3v) is 6.82. The minimum atomic E-state index is -3.93. The van der Waals surface area contributed by atoms with Crippen LogP contribution in [0.15, 0.2) is 47.4 Å². The molecule has 1 aliphatic rings. The lowest BCUT2D eigenvalue weighted by Crippen LogP contribution is -2.50. The first-order valence-electron chi connectivity index (χ1n) is 10.3. The molecule has 1 fully saturated rings. The summed E-state index contributed by atoms with van der Waals surface area (Å²) in [5.74, 6) is -0.854. The zero-order valence-corrected chi connectivity index (χ0v) is 18.9.